The first-order valence-electron chi connectivity index (χ1n) is 7.71. The van der Waals surface area contributed by atoms with Crippen LogP contribution >= 0.6 is 0 Å². The second-order valence-corrected chi connectivity index (χ2v) is 7.88. The van der Waals surface area contributed by atoms with E-state index in [9.17, 15) is 13.2 Å². The van der Waals surface area contributed by atoms with Crippen molar-refractivity contribution in [3.8, 4) is 0 Å². The van der Waals surface area contributed by atoms with Crippen LogP contribution in [0.5, 0.6) is 0 Å². The highest BCUT2D eigenvalue weighted by molar-refractivity contribution is 7.88. The molecule has 0 radical (unpaired) electrons. The van der Waals surface area contributed by atoms with Crippen molar-refractivity contribution in [3.63, 3.8) is 0 Å². The van der Waals surface area contributed by atoms with Gasteiger partial charge in [-0.15, -0.1) is 0 Å². The predicted octanol–water partition coefficient (Wildman–Crippen LogP) is 1.41. The van der Waals surface area contributed by atoms with E-state index in [1.54, 1.807) is 0 Å². The molecule has 1 amide bonds. The molecule has 1 fully saturated rings. The summed E-state index contributed by atoms with van der Waals surface area (Å²) in [5, 5.41) is 2.97. The molecular formula is C16H24N2O3S. The fourth-order valence-electron chi connectivity index (χ4n) is 2.69. The topological polar surface area (TPSA) is 66.5 Å². The Balaban J connectivity index is 1.65. The van der Waals surface area contributed by atoms with Crippen LogP contribution in [-0.2, 0) is 21.2 Å². The maximum atomic E-state index is 11.9. The molecule has 0 spiro atoms. The Labute approximate surface area is 132 Å². The smallest absolute Gasteiger partial charge is 0.220 e. The molecule has 6 heteroatoms. The Bertz CT molecular complexity index is 579. The predicted molar refractivity (Wildman–Crippen MR) is 86.9 cm³/mol. The Morgan fingerprint density at radius 2 is 1.86 bits per heavy atom. The van der Waals surface area contributed by atoms with Crippen LogP contribution in [0.1, 0.15) is 24.8 Å². The largest absolute Gasteiger partial charge is 0.356 e. The fraction of sp³-hybridized carbons (Fsp3) is 0.562. The molecule has 22 heavy (non-hydrogen) atoms. The maximum absolute atomic E-state index is 11.9. The van der Waals surface area contributed by atoms with Crippen LogP contribution in [0.4, 0.5) is 0 Å². The van der Waals surface area contributed by atoms with Gasteiger partial charge in [0, 0.05) is 26.1 Å². The third-order valence-electron chi connectivity index (χ3n) is 4.11. The molecule has 1 aliphatic heterocycles. The van der Waals surface area contributed by atoms with Crippen molar-refractivity contribution in [2.75, 3.05) is 25.9 Å². The summed E-state index contributed by atoms with van der Waals surface area (Å²) < 4.78 is 24.4. The number of piperidine rings is 1. The molecule has 1 aromatic rings. The van der Waals surface area contributed by atoms with Gasteiger partial charge in [0.2, 0.25) is 15.9 Å². The van der Waals surface area contributed by atoms with Gasteiger partial charge in [-0.3, -0.25) is 4.79 Å². The zero-order valence-electron chi connectivity index (χ0n) is 13.0. The van der Waals surface area contributed by atoms with Gasteiger partial charge < -0.3 is 5.32 Å². The highest BCUT2D eigenvalue weighted by atomic mass is 32.2. The number of benzene rings is 1. The second-order valence-electron chi connectivity index (χ2n) is 5.90. The van der Waals surface area contributed by atoms with Gasteiger partial charge in [0.25, 0.3) is 0 Å². The van der Waals surface area contributed by atoms with E-state index in [1.165, 1.54) is 16.1 Å². The fourth-order valence-corrected chi connectivity index (χ4v) is 3.57. The summed E-state index contributed by atoms with van der Waals surface area (Å²) in [6, 6.07) is 9.96. The van der Waals surface area contributed by atoms with E-state index in [4.69, 9.17) is 0 Å². The summed E-state index contributed by atoms with van der Waals surface area (Å²) >= 11 is 0. The van der Waals surface area contributed by atoms with Crippen LogP contribution in [0.3, 0.4) is 0 Å². The Kier molecular flexibility index (Phi) is 5.97. The lowest BCUT2D eigenvalue weighted by Gasteiger charge is -2.30. The van der Waals surface area contributed by atoms with Crippen LogP contribution < -0.4 is 5.32 Å². The number of carbonyl (C=O) groups is 1. The normalized spacial score (nSPS) is 17.3. The minimum atomic E-state index is -3.07. The van der Waals surface area contributed by atoms with Crippen LogP contribution in [0.15, 0.2) is 30.3 Å². The molecule has 5 nitrogen and oxygen atoms in total. The van der Waals surface area contributed by atoms with Crippen molar-refractivity contribution < 1.29 is 13.2 Å². The monoisotopic (exact) mass is 324 g/mol. The van der Waals surface area contributed by atoms with E-state index < -0.39 is 10.0 Å². The van der Waals surface area contributed by atoms with E-state index in [1.807, 2.05) is 30.3 Å². The van der Waals surface area contributed by atoms with Crippen molar-refractivity contribution in [1.82, 2.24) is 9.62 Å². The SMILES string of the molecule is CS(=O)(=O)N1CCC(CNC(=O)CCc2ccccc2)CC1. The molecule has 1 aromatic carbocycles. The van der Waals surface area contributed by atoms with Crippen LogP contribution in [0.2, 0.25) is 0 Å². The van der Waals surface area contributed by atoms with Crippen molar-refractivity contribution in [3.05, 3.63) is 35.9 Å². The number of sulfonamides is 1. The molecule has 2 rings (SSSR count). The number of nitrogens with zero attached hydrogens (tertiary/aromatic N) is 1. The summed E-state index contributed by atoms with van der Waals surface area (Å²) in [6.07, 6.45) is 4.11. The van der Waals surface area contributed by atoms with Gasteiger partial charge in [0.15, 0.2) is 0 Å². The average molecular weight is 324 g/mol. The number of carbonyl (C=O) groups excluding carboxylic acids is 1. The number of nitrogens with one attached hydrogen (secondary N) is 1. The molecule has 0 aromatic heterocycles. The number of amides is 1. The van der Waals surface area contributed by atoms with Crippen LogP contribution in [0, 0.1) is 5.92 Å². The molecule has 1 N–H and O–H groups in total. The van der Waals surface area contributed by atoms with Gasteiger partial charge in [-0.1, -0.05) is 30.3 Å². The van der Waals surface area contributed by atoms with E-state index in [2.05, 4.69) is 5.32 Å². The van der Waals surface area contributed by atoms with Gasteiger partial charge in [0.1, 0.15) is 0 Å². The summed E-state index contributed by atoms with van der Waals surface area (Å²) in [5.41, 5.74) is 1.17. The van der Waals surface area contributed by atoms with Crippen molar-refractivity contribution in [2.45, 2.75) is 25.7 Å². The lowest BCUT2D eigenvalue weighted by atomic mass is 9.98. The number of aryl methyl sites for hydroxylation is 1. The molecule has 0 bridgehead atoms. The molecule has 0 atom stereocenters. The molecule has 1 aliphatic rings. The molecule has 1 saturated heterocycles. The summed E-state index contributed by atoms with van der Waals surface area (Å²) in [4.78, 5) is 11.9. The second kappa shape index (κ2) is 7.74. The van der Waals surface area contributed by atoms with E-state index >= 15 is 0 Å². The van der Waals surface area contributed by atoms with Crippen molar-refractivity contribution in [1.29, 1.82) is 0 Å². The van der Waals surface area contributed by atoms with Gasteiger partial charge in [-0.25, -0.2) is 12.7 Å². The zero-order chi connectivity index (χ0) is 16.0. The molecule has 1 heterocycles. The van der Waals surface area contributed by atoms with Crippen molar-refractivity contribution >= 4 is 15.9 Å². The first-order valence-corrected chi connectivity index (χ1v) is 9.56. The first kappa shape index (κ1) is 17.0. The minimum Gasteiger partial charge on any atom is -0.356 e. The molecular weight excluding hydrogens is 300 g/mol. The van der Waals surface area contributed by atoms with Gasteiger partial charge in [-0.2, -0.15) is 0 Å². The lowest BCUT2D eigenvalue weighted by molar-refractivity contribution is -0.121. The highest BCUT2D eigenvalue weighted by Gasteiger charge is 2.24. The zero-order valence-corrected chi connectivity index (χ0v) is 13.8. The van der Waals surface area contributed by atoms with E-state index in [0.29, 0.717) is 32.0 Å². The van der Waals surface area contributed by atoms with Crippen molar-refractivity contribution in [2.24, 2.45) is 5.92 Å². The van der Waals surface area contributed by atoms with Crippen LogP contribution in [0.25, 0.3) is 0 Å². The quantitative estimate of drug-likeness (QED) is 0.860. The minimum absolute atomic E-state index is 0.0643. The first-order chi connectivity index (χ1) is 10.4. The highest BCUT2D eigenvalue weighted by Crippen LogP contribution is 2.18. The summed E-state index contributed by atoms with van der Waals surface area (Å²) in [6.45, 7) is 1.76. The Morgan fingerprint density at radius 1 is 1.23 bits per heavy atom. The number of rotatable bonds is 6. The summed E-state index contributed by atoms with van der Waals surface area (Å²) in [7, 11) is -3.07. The maximum Gasteiger partial charge on any atom is 0.220 e. The Hall–Kier alpha value is -1.40. The Morgan fingerprint density at radius 3 is 2.45 bits per heavy atom. The van der Waals surface area contributed by atoms with Gasteiger partial charge in [-0.05, 0) is 30.7 Å². The van der Waals surface area contributed by atoms with E-state index in [-0.39, 0.29) is 5.91 Å². The number of hydrogen-bond donors (Lipinski definition) is 1. The number of hydrogen-bond acceptors (Lipinski definition) is 3. The third kappa shape index (κ3) is 5.42. The summed E-state index contributed by atoms with van der Waals surface area (Å²) in [5.74, 6) is 0.438. The third-order valence-corrected chi connectivity index (χ3v) is 5.42. The van der Waals surface area contributed by atoms with E-state index in [0.717, 1.165) is 19.3 Å². The molecule has 0 unspecified atom stereocenters. The molecule has 0 aliphatic carbocycles. The van der Waals surface area contributed by atoms with Gasteiger partial charge in [0.05, 0.1) is 6.26 Å². The van der Waals surface area contributed by atoms with Crippen LogP contribution in [-0.4, -0.2) is 44.5 Å². The van der Waals surface area contributed by atoms with Gasteiger partial charge >= 0.3 is 0 Å². The standard InChI is InChI=1S/C16H24N2O3S/c1-22(20,21)18-11-9-15(10-12-18)13-17-16(19)8-7-14-5-3-2-4-6-14/h2-6,15H,7-13H2,1H3,(H,17,19). The lowest BCUT2D eigenvalue weighted by Crippen LogP contribution is -2.41. The molecule has 122 valence electrons. The molecule has 0 saturated carbocycles. The average Bonchev–Trinajstić information content (AvgIpc) is 2.51.